The Morgan fingerprint density at radius 1 is 1.00 bits per heavy atom. The molecule has 0 amide bonds. The molecule has 1 aliphatic rings. The summed E-state index contributed by atoms with van der Waals surface area (Å²) < 4.78 is 14.0. The van der Waals surface area contributed by atoms with E-state index in [-0.39, 0.29) is 18.5 Å². The van der Waals surface area contributed by atoms with Gasteiger partial charge in [0.2, 0.25) is 0 Å². The van der Waals surface area contributed by atoms with E-state index in [0.717, 1.165) is 30.3 Å². The lowest BCUT2D eigenvalue weighted by Gasteiger charge is -2.26. The number of ether oxygens (including phenoxy) is 2. The van der Waals surface area contributed by atoms with E-state index in [1.807, 2.05) is 42.7 Å². The number of nitrogens with zero attached hydrogens (tertiary/aromatic N) is 2. The van der Waals surface area contributed by atoms with Gasteiger partial charge >= 0.3 is 0 Å². The maximum absolute atomic E-state index is 6.03. The van der Waals surface area contributed by atoms with E-state index < -0.39 is 0 Å². The zero-order chi connectivity index (χ0) is 15.5. The molecule has 3 aromatic rings. The Morgan fingerprint density at radius 3 is 2.58 bits per heavy atom. The molecule has 1 unspecified atom stereocenters. The molecule has 1 aliphatic heterocycles. The maximum Gasteiger partial charge on any atom is 0.161 e. The number of para-hydroxylation sites is 2. The molecule has 4 rings (SSSR count). The SMILES string of the molecule is Cl.c1ccc(Cn2ccnc2CC2COc3ccccc3O2)cc1. The van der Waals surface area contributed by atoms with Gasteiger partial charge in [-0.3, -0.25) is 0 Å². The lowest BCUT2D eigenvalue weighted by molar-refractivity contribution is 0.0893. The van der Waals surface area contributed by atoms with Gasteiger partial charge < -0.3 is 14.0 Å². The van der Waals surface area contributed by atoms with E-state index in [1.165, 1.54) is 5.56 Å². The standard InChI is InChI=1S/C19H18N2O2.ClH/c1-2-6-15(7-3-1)13-21-11-10-20-19(21)12-16-14-22-17-8-4-5-9-18(17)23-16;/h1-11,16H,12-14H2;1H. The van der Waals surface area contributed by atoms with Crippen LogP contribution in [0.15, 0.2) is 67.0 Å². The smallest absolute Gasteiger partial charge is 0.161 e. The maximum atomic E-state index is 6.03. The topological polar surface area (TPSA) is 36.3 Å². The number of halogens is 1. The number of rotatable bonds is 4. The molecule has 5 heteroatoms. The van der Waals surface area contributed by atoms with Crippen molar-refractivity contribution < 1.29 is 9.47 Å². The summed E-state index contributed by atoms with van der Waals surface area (Å²) in [4.78, 5) is 4.49. The first kappa shape index (κ1) is 16.4. The summed E-state index contributed by atoms with van der Waals surface area (Å²) in [7, 11) is 0. The van der Waals surface area contributed by atoms with Crippen LogP contribution in [0.1, 0.15) is 11.4 Å². The van der Waals surface area contributed by atoms with Gasteiger partial charge in [0.25, 0.3) is 0 Å². The Labute approximate surface area is 147 Å². The predicted octanol–water partition coefficient (Wildman–Crippen LogP) is 3.74. The number of aromatic nitrogens is 2. The van der Waals surface area contributed by atoms with Gasteiger partial charge in [-0.25, -0.2) is 4.98 Å². The summed E-state index contributed by atoms with van der Waals surface area (Å²) in [6.45, 7) is 1.37. The monoisotopic (exact) mass is 342 g/mol. The molecule has 0 radical (unpaired) electrons. The summed E-state index contributed by atoms with van der Waals surface area (Å²) in [5.74, 6) is 2.64. The first-order valence-electron chi connectivity index (χ1n) is 7.81. The number of hydrogen-bond donors (Lipinski definition) is 0. The molecule has 4 nitrogen and oxygen atoms in total. The second kappa shape index (κ2) is 7.41. The van der Waals surface area contributed by atoms with Gasteiger partial charge in [-0.1, -0.05) is 42.5 Å². The van der Waals surface area contributed by atoms with Gasteiger partial charge in [0.1, 0.15) is 18.5 Å². The van der Waals surface area contributed by atoms with Crippen molar-refractivity contribution >= 4 is 12.4 Å². The fourth-order valence-corrected chi connectivity index (χ4v) is 2.82. The molecule has 2 aromatic carbocycles. The van der Waals surface area contributed by atoms with E-state index >= 15 is 0 Å². The van der Waals surface area contributed by atoms with Crippen molar-refractivity contribution in [3.05, 3.63) is 78.4 Å². The summed E-state index contributed by atoms with van der Waals surface area (Å²) in [5, 5.41) is 0. The molecule has 124 valence electrons. The molecule has 0 saturated heterocycles. The van der Waals surface area contributed by atoms with Crippen molar-refractivity contribution in [2.24, 2.45) is 0 Å². The lowest BCUT2D eigenvalue weighted by atomic mass is 10.2. The summed E-state index contributed by atoms with van der Waals surface area (Å²) in [6, 6.07) is 18.2. The second-order valence-electron chi connectivity index (χ2n) is 5.66. The van der Waals surface area contributed by atoms with Crippen molar-refractivity contribution in [3.8, 4) is 11.5 Å². The van der Waals surface area contributed by atoms with Crippen LogP contribution in [0, 0.1) is 0 Å². The third-order valence-electron chi connectivity index (χ3n) is 3.98. The van der Waals surface area contributed by atoms with Gasteiger partial charge in [0, 0.05) is 25.4 Å². The Bertz CT molecular complexity index is 789. The molecule has 0 N–H and O–H groups in total. The quantitative estimate of drug-likeness (QED) is 0.724. The van der Waals surface area contributed by atoms with Crippen molar-refractivity contribution in [2.75, 3.05) is 6.61 Å². The van der Waals surface area contributed by atoms with Crippen LogP contribution in [0.4, 0.5) is 0 Å². The minimum Gasteiger partial charge on any atom is -0.486 e. The highest BCUT2D eigenvalue weighted by Gasteiger charge is 2.22. The van der Waals surface area contributed by atoms with Crippen LogP contribution < -0.4 is 9.47 Å². The van der Waals surface area contributed by atoms with Gasteiger partial charge in [0.05, 0.1) is 0 Å². The third-order valence-corrected chi connectivity index (χ3v) is 3.98. The minimum atomic E-state index is -0.0122. The molecule has 0 bridgehead atoms. The normalized spacial score (nSPS) is 15.6. The van der Waals surface area contributed by atoms with Crippen molar-refractivity contribution in [1.82, 2.24) is 9.55 Å². The lowest BCUT2D eigenvalue weighted by Crippen LogP contribution is -2.32. The summed E-state index contributed by atoms with van der Waals surface area (Å²) in [5.41, 5.74) is 1.26. The van der Waals surface area contributed by atoms with Crippen LogP contribution in [0.3, 0.4) is 0 Å². The fourth-order valence-electron chi connectivity index (χ4n) is 2.82. The average molecular weight is 343 g/mol. The molecular formula is C19H19ClN2O2. The average Bonchev–Trinajstić information content (AvgIpc) is 3.02. The minimum absolute atomic E-state index is 0. The molecule has 0 saturated carbocycles. The van der Waals surface area contributed by atoms with Crippen molar-refractivity contribution in [2.45, 2.75) is 19.1 Å². The van der Waals surface area contributed by atoms with Crippen LogP contribution in [-0.2, 0) is 13.0 Å². The number of imidazole rings is 1. The van der Waals surface area contributed by atoms with Crippen molar-refractivity contribution in [1.29, 1.82) is 0 Å². The second-order valence-corrected chi connectivity index (χ2v) is 5.66. The van der Waals surface area contributed by atoms with Crippen LogP contribution in [0.5, 0.6) is 11.5 Å². The van der Waals surface area contributed by atoms with Crippen molar-refractivity contribution in [3.63, 3.8) is 0 Å². The van der Waals surface area contributed by atoms with Gasteiger partial charge in [0.15, 0.2) is 11.5 Å². The largest absolute Gasteiger partial charge is 0.486 e. The van der Waals surface area contributed by atoms with E-state index in [2.05, 4.69) is 33.8 Å². The molecule has 0 spiro atoms. The molecule has 1 aromatic heterocycles. The molecule has 0 aliphatic carbocycles. The summed E-state index contributed by atoms with van der Waals surface area (Å²) in [6.07, 6.45) is 4.58. The van der Waals surface area contributed by atoms with E-state index in [1.54, 1.807) is 0 Å². The van der Waals surface area contributed by atoms with Crippen LogP contribution in [0.25, 0.3) is 0 Å². The molecule has 0 fully saturated rings. The van der Waals surface area contributed by atoms with Gasteiger partial charge in [-0.15, -0.1) is 12.4 Å². The van der Waals surface area contributed by atoms with Crippen LogP contribution in [-0.4, -0.2) is 22.3 Å². The highest BCUT2D eigenvalue weighted by molar-refractivity contribution is 5.85. The zero-order valence-corrected chi connectivity index (χ0v) is 14.0. The Kier molecular flexibility index (Phi) is 5.06. The molecule has 1 atom stereocenters. The van der Waals surface area contributed by atoms with Crippen LogP contribution >= 0.6 is 12.4 Å². The Balaban J connectivity index is 0.00000169. The first-order valence-corrected chi connectivity index (χ1v) is 7.81. The number of benzene rings is 2. The number of hydrogen-bond acceptors (Lipinski definition) is 3. The van der Waals surface area contributed by atoms with Gasteiger partial charge in [-0.05, 0) is 17.7 Å². The highest BCUT2D eigenvalue weighted by Crippen LogP contribution is 2.31. The highest BCUT2D eigenvalue weighted by atomic mass is 35.5. The summed E-state index contributed by atoms with van der Waals surface area (Å²) >= 11 is 0. The predicted molar refractivity (Wildman–Crippen MR) is 95.1 cm³/mol. The zero-order valence-electron chi connectivity index (χ0n) is 13.2. The van der Waals surface area contributed by atoms with E-state index in [9.17, 15) is 0 Å². The van der Waals surface area contributed by atoms with E-state index in [4.69, 9.17) is 9.47 Å². The number of fused-ring (bicyclic) bond motifs is 1. The van der Waals surface area contributed by atoms with E-state index in [0.29, 0.717) is 6.61 Å². The van der Waals surface area contributed by atoms with Gasteiger partial charge in [-0.2, -0.15) is 0 Å². The molecule has 24 heavy (non-hydrogen) atoms. The third kappa shape index (κ3) is 3.54. The Morgan fingerprint density at radius 2 is 1.75 bits per heavy atom. The first-order chi connectivity index (χ1) is 11.4. The Hall–Kier alpha value is -2.46. The molecular weight excluding hydrogens is 324 g/mol. The molecule has 2 heterocycles. The van der Waals surface area contributed by atoms with Crippen LogP contribution in [0.2, 0.25) is 0 Å². The fraction of sp³-hybridized carbons (Fsp3) is 0.211.